The molecule has 0 aliphatic heterocycles. The number of hydrogen-bond acceptors (Lipinski definition) is 4. The summed E-state index contributed by atoms with van der Waals surface area (Å²) in [7, 11) is 0. The first-order valence-electron chi connectivity index (χ1n) is 11.4. The summed E-state index contributed by atoms with van der Waals surface area (Å²) in [6.45, 7) is 3.67. The number of hydrogen-bond donors (Lipinski definition) is 1. The van der Waals surface area contributed by atoms with Gasteiger partial charge in [-0.3, -0.25) is 14.9 Å². The molecule has 0 atom stereocenters. The van der Waals surface area contributed by atoms with E-state index in [-0.39, 0.29) is 17.3 Å². The SMILES string of the molecule is CC(C)NC(=O)/C(C#N)=C/c1cc(-c2ccccc2)n(-c2ccc([N+](=O)[O-])cc2)c1-c1ccccc1. The van der Waals surface area contributed by atoms with Crippen molar-refractivity contribution < 1.29 is 9.72 Å². The van der Waals surface area contributed by atoms with E-state index in [0.29, 0.717) is 11.3 Å². The number of nitriles is 1. The standard InChI is InChI=1S/C29H24N4O3/c1-20(2)31-29(34)24(19-30)17-23-18-27(21-9-5-3-6-10-21)32(28(23)22-11-7-4-8-12-22)25-13-15-26(16-14-25)33(35)36/h3-18,20H,1-2H3,(H,31,34)/b24-17+. The van der Waals surface area contributed by atoms with Crippen LogP contribution in [0.4, 0.5) is 5.69 Å². The molecule has 4 rings (SSSR count). The third-order valence-electron chi connectivity index (χ3n) is 5.55. The van der Waals surface area contributed by atoms with Crippen LogP contribution in [0.25, 0.3) is 34.3 Å². The molecule has 0 aliphatic carbocycles. The van der Waals surface area contributed by atoms with Crippen molar-refractivity contribution in [2.75, 3.05) is 0 Å². The lowest BCUT2D eigenvalue weighted by Crippen LogP contribution is -2.30. The van der Waals surface area contributed by atoms with Gasteiger partial charge in [0.25, 0.3) is 11.6 Å². The fourth-order valence-electron chi connectivity index (χ4n) is 3.99. The first kappa shape index (κ1) is 24.2. The molecule has 1 N–H and O–H groups in total. The van der Waals surface area contributed by atoms with Gasteiger partial charge in [0.15, 0.2) is 0 Å². The molecule has 4 aromatic rings. The summed E-state index contributed by atoms with van der Waals surface area (Å²) >= 11 is 0. The van der Waals surface area contributed by atoms with Crippen molar-refractivity contribution in [1.82, 2.24) is 9.88 Å². The van der Waals surface area contributed by atoms with Crippen LogP contribution in [0, 0.1) is 21.4 Å². The van der Waals surface area contributed by atoms with Crippen LogP contribution in [-0.4, -0.2) is 21.4 Å². The van der Waals surface area contributed by atoms with Gasteiger partial charge in [0.05, 0.1) is 16.3 Å². The number of aromatic nitrogens is 1. The van der Waals surface area contributed by atoms with Crippen molar-refractivity contribution in [2.45, 2.75) is 19.9 Å². The maximum absolute atomic E-state index is 12.7. The monoisotopic (exact) mass is 476 g/mol. The number of nitro benzene ring substituents is 1. The van der Waals surface area contributed by atoms with Crippen molar-refractivity contribution in [3.8, 4) is 34.3 Å². The third kappa shape index (κ3) is 5.08. The Morgan fingerprint density at radius 1 is 0.972 bits per heavy atom. The smallest absolute Gasteiger partial charge is 0.269 e. The number of non-ortho nitro benzene ring substituents is 1. The minimum Gasteiger partial charge on any atom is -0.349 e. The van der Waals surface area contributed by atoms with Crippen LogP contribution in [0.3, 0.4) is 0 Å². The van der Waals surface area contributed by atoms with Crippen LogP contribution in [0.2, 0.25) is 0 Å². The summed E-state index contributed by atoms with van der Waals surface area (Å²) in [5, 5.41) is 23.8. The lowest BCUT2D eigenvalue weighted by atomic mass is 10.0. The second-order valence-electron chi connectivity index (χ2n) is 8.47. The summed E-state index contributed by atoms with van der Waals surface area (Å²) in [6.07, 6.45) is 1.59. The average Bonchev–Trinajstić information content (AvgIpc) is 3.27. The van der Waals surface area contributed by atoms with Crippen LogP contribution >= 0.6 is 0 Å². The summed E-state index contributed by atoms with van der Waals surface area (Å²) in [6, 6.07) is 29.5. The van der Waals surface area contributed by atoms with Crippen molar-refractivity contribution in [2.24, 2.45) is 0 Å². The Balaban J connectivity index is 2.03. The van der Waals surface area contributed by atoms with Gasteiger partial charge in [-0.25, -0.2) is 0 Å². The summed E-state index contributed by atoms with van der Waals surface area (Å²) in [5.74, 6) is -0.448. The molecule has 7 heteroatoms. The highest BCUT2D eigenvalue weighted by molar-refractivity contribution is 6.03. The first-order valence-corrected chi connectivity index (χ1v) is 11.4. The van der Waals surface area contributed by atoms with E-state index in [4.69, 9.17) is 0 Å². The van der Waals surface area contributed by atoms with Crippen LogP contribution in [-0.2, 0) is 4.79 Å². The highest BCUT2D eigenvalue weighted by atomic mass is 16.6. The van der Waals surface area contributed by atoms with Crippen LogP contribution in [0.15, 0.2) is 96.6 Å². The molecule has 0 bridgehead atoms. The fraction of sp³-hybridized carbons (Fsp3) is 0.103. The number of nitro groups is 1. The van der Waals surface area contributed by atoms with Gasteiger partial charge in [-0.05, 0) is 49.2 Å². The molecular weight excluding hydrogens is 452 g/mol. The van der Waals surface area contributed by atoms with Gasteiger partial charge in [-0.2, -0.15) is 5.26 Å². The van der Waals surface area contributed by atoms with E-state index >= 15 is 0 Å². The van der Waals surface area contributed by atoms with Gasteiger partial charge in [-0.1, -0.05) is 60.7 Å². The zero-order chi connectivity index (χ0) is 25.7. The average molecular weight is 477 g/mol. The Morgan fingerprint density at radius 3 is 2.08 bits per heavy atom. The molecular formula is C29H24N4O3. The molecule has 0 radical (unpaired) electrons. The quantitative estimate of drug-likeness (QED) is 0.150. The molecule has 0 saturated heterocycles. The molecule has 36 heavy (non-hydrogen) atoms. The van der Waals surface area contributed by atoms with Gasteiger partial charge >= 0.3 is 0 Å². The summed E-state index contributed by atoms with van der Waals surface area (Å²) in [4.78, 5) is 23.5. The lowest BCUT2D eigenvalue weighted by molar-refractivity contribution is -0.384. The van der Waals surface area contributed by atoms with Gasteiger partial charge in [-0.15, -0.1) is 0 Å². The molecule has 3 aromatic carbocycles. The van der Waals surface area contributed by atoms with E-state index in [1.54, 1.807) is 18.2 Å². The van der Waals surface area contributed by atoms with Crippen molar-refractivity contribution in [3.05, 3.63) is 112 Å². The highest BCUT2D eigenvalue weighted by Gasteiger charge is 2.21. The minimum atomic E-state index is -0.448. The Bertz CT molecular complexity index is 1460. The number of rotatable bonds is 7. The second-order valence-corrected chi connectivity index (χ2v) is 8.47. The Morgan fingerprint density at radius 2 is 1.56 bits per heavy atom. The number of nitrogens with zero attached hydrogens (tertiary/aromatic N) is 3. The Hall–Kier alpha value is -4.96. The van der Waals surface area contributed by atoms with Crippen LogP contribution < -0.4 is 5.32 Å². The third-order valence-corrected chi connectivity index (χ3v) is 5.55. The van der Waals surface area contributed by atoms with E-state index in [2.05, 4.69) is 5.32 Å². The predicted octanol–water partition coefficient (Wildman–Crippen LogP) is 6.15. The van der Waals surface area contributed by atoms with Gasteiger partial charge < -0.3 is 9.88 Å². The molecule has 1 heterocycles. The van der Waals surface area contributed by atoms with Crippen molar-refractivity contribution in [1.29, 1.82) is 5.26 Å². The van der Waals surface area contributed by atoms with E-state index < -0.39 is 10.8 Å². The predicted molar refractivity (Wildman–Crippen MR) is 140 cm³/mol. The Kier molecular flexibility index (Phi) is 7.07. The number of carbonyl (C=O) groups excluding carboxylic acids is 1. The summed E-state index contributed by atoms with van der Waals surface area (Å²) < 4.78 is 2.00. The number of nitrogens with one attached hydrogen (secondary N) is 1. The molecule has 178 valence electrons. The Labute approximate surface area is 209 Å². The number of carbonyl (C=O) groups is 1. The van der Waals surface area contributed by atoms with Gasteiger partial charge in [0, 0.05) is 29.4 Å². The lowest BCUT2D eigenvalue weighted by Gasteiger charge is -2.15. The molecule has 1 amide bonds. The number of benzene rings is 3. The largest absolute Gasteiger partial charge is 0.349 e. The zero-order valence-electron chi connectivity index (χ0n) is 19.9. The summed E-state index contributed by atoms with van der Waals surface area (Å²) in [5.41, 5.74) is 4.72. The molecule has 0 aliphatic rings. The van der Waals surface area contributed by atoms with E-state index in [1.807, 2.05) is 91.2 Å². The molecule has 0 fully saturated rings. The topological polar surface area (TPSA) is 101 Å². The highest BCUT2D eigenvalue weighted by Crippen LogP contribution is 2.37. The molecule has 7 nitrogen and oxygen atoms in total. The van der Waals surface area contributed by atoms with Crippen molar-refractivity contribution in [3.63, 3.8) is 0 Å². The number of amides is 1. The molecule has 0 saturated carbocycles. The zero-order valence-corrected chi connectivity index (χ0v) is 19.9. The molecule has 1 aromatic heterocycles. The molecule has 0 spiro atoms. The maximum Gasteiger partial charge on any atom is 0.269 e. The van der Waals surface area contributed by atoms with E-state index in [0.717, 1.165) is 22.5 Å². The minimum absolute atomic E-state index is 0.00864. The van der Waals surface area contributed by atoms with Gasteiger partial charge in [0.1, 0.15) is 11.6 Å². The van der Waals surface area contributed by atoms with E-state index in [9.17, 15) is 20.2 Å². The van der Waals surface area contributed by atoms with Gasteiger partial charge in [0.2, 0.25) is 0 Å². The fourth-order valence-corrected chi connectivity index (χ4v) is 3.99. The molecule has 0 unspecified atom stereocenters. The van der Waals surface area contributed by atoms with Crippen LogP contribution in [0.1, 0.15) is 19.4 Å². The second kappa shape index (κ2) is 10.5. The normalized spacial score (nSPS) is 11.2. The maximum atomic E-state index is 12.7. The van der Waals surface area contributed by atoms with E-state index in [1.165, 1.54) is 12.1 Å². The first-order chi connectivity index (χ1) is 17.4. The van der Waals surface area contributed by atoms with Crippen molar-refractivity contribution >= 4 is 17.7 Å². The van der Waals surface area contributed by atoms with Crippen LogP contribution in [0.5, 0.6) is 0 Å².